The number of methoxy groups -OCH3 is 1. The predicted molar refractivity (Wildman–Crippen MR) is 120 cm³/mol. The number of esters is 1. The molecule has 3 rings (SSSR count). The molecule has 0 radical (unpaired) electrons. The zero-order valence-corrected chi connectivity index (χ0v) is 17.8. The molecule has 0 spiro atoms. The van der Waals surface area contributed by atoms with E-state index in [1.807, 2.05) is 13.0 Å². The van der Waals surface area contributed by atoms with E-state index in [2.05, 4.69) is 46.7 Å². The van der Waals surface area contributed by atoms with E-state index in [4.69, 9.17) is 21.7 Å². The highest BCUT2D eigenvalue weighted by Crippen LogP contribution is 2.22. The minimum Gasteiger partial charge on any atom is -0.465 e. The van der Waals surface area contributed by atoms with Gasteiger partial charge in [0.2, 0.25) is 0 Å². The van der Waals surface area contributed by atoms with Gasteiger partial charge in [0, 0.05) is 24.5 Å². The van der Waals surface area contributed by atoms with Crippen molar-refractivity contribution in [1.82, 2.24) is 5.32 Å². The summed E-state index contributed by atoms with van der Waals surface area (Å²) in [5, 5.41) is 6.99. The van der Waals surface area contributed by atoms with E-state index in [0.717, 1.165) is 43.1 Å². The molecule has 2 aromatic carbocycles. The molecule has 154 valence electrons. The Bertz CT molecular complexity index is 864. The molecule has 0 aliphatic carbocycles. The van der Waals surface area contributed by atoms with Gasteiger partial charge in [0.15, 0.2) is 5.11 Å². The molecule has 6 nitrogen and oxygen atoms in total. The van der Waals surface area contributed by atoms with Crippen molar-refractivity contribution in [3.63, 3.8) is 0 Å². The summed E-state index contributed by atoms with van der Waals surface area (Å²) in [4.78, 5) is 14.2. The first-order valence-corrected chi connectivity index (χ1v) is 10.1. The van der Waals surface area contributed by atoms with E-state index >= 15 is 0 Å². The van der Waals surface area contributed by atoms with Gasteiger partial charge in [-0.15, -0.1) is 0 Å². The van der Waals surface area contributed by atoms with Crippen LogP contribution < -0.4 is 15.5 Å². The van der Waals surface area contributed by atoms with Gasteiger partial charge < -0.3 is 25.0 Å². The molecule has 0 unspecified atom stereocenters. The summed E-state index contributed by atoms with van der Waals surface area (Å²) < 4.78 is 10.2. The third kappa shape index (κ3) is 5.25. The summed E-state index contributed by atoms with van der Waals surface area (Å²) in [5.41, 5.74) is 4.45. The molecule has 0 amide bonds. The molecule has 2 aromatic rings. The number of rotatable bonds is 5. The summed E-state index contributed by atoms with van der Waals surface area (Å²) in [6.45, 7) is 7.32. The first-order chi connectivity index (χ1) is 14.0. The highest BCUT2D eigenvalue weighted by atomic mass is 32.1. The Morgan fingerprint density at radius 3 is 2.52 bits per heavy atom. The number of carbonyl (C=O) groups excluding carboxylic acids is 1. The van der Waals surface area contributed by atoms with E-state index < -0.39 is 0 Å². The van der Waals surface area contributed by atoms with Crippen molar-refractivity contribution in [3.05, 3.63) is 59.2 Å². The van der Waals surface area contributed by atoms with E-state index in [-0.39, 0.29) is 12.0 Å². The van der Waals surface area contributed by atoms with Gasteiger partial charge in [-0.05, 0) is 61.5 Å². The number of nitrogens with zero attached hydrogens (tertiary/aromatic N) is 1. The molecule has 29 heavy (non-hydrogen) atoms. The largest absolute Gasteiger partial charge is 0.465 e. The summed E-state index contributed by atoms with van der Waals surface area (Å²) in [5.74, 6) is -0.362. The van der Waals surface area contributed by atoms with Gasteiger partial charge in [0.1, 0.15) is 0 Å². The standard InChI is InChI=1S/C22H27N3O3S/c1-15-19(21(26)27-3)5-4-6-20(15)24-22(29)23-16(2)17-7-9-18(10-8-17)25-11-13-28-14-12-25/h4-10,16H,11-14H2,1-3H3,(H2,23,24,29)/t16-/m1/s1. The third-order valence-electron chi connectivity index (χ3n) is 5.10. The van der Waals surface area contributed by atoms with Crippen LogP contribution in [0.4, 0.5) is 11.4 Å². The van der Waals surface area contributed by atoms with Crippen molar-refractivity contribution < 1.29 is 14.3 Å². The molecule has 2 N–H and O–H groups in total. The van der Waals surface area contributed by atoms with Crippen molar-refractivity contribution in [3.8, 4) is 0 Å². The average molecular weight is 414 g/mol. The molecule has 7 heteroatoms. The minimum atomic E-state index is -0.362. The van der Waals surface area contributed by atoms with Gasteiger partial charge in [0.05, 0.1) is 31.9 Å². The molecule has 0 bridgehead atoms. The number of hydrogen-bond donors (Lipinski definition) is 2. The number of carbonyl (C=O) groups is 1. The molecule has 1 heterocycles. The number of thiocarbonyl (C=S) groups is 1. The fourth-order valence-corrected chi connectivity index (χ4v) is 3.62. The van der Waals surface area contributed by atoms with Crippen LogP contribution in [-0.4, -0.2) is 44.5 Å². The van der Waals surface area contributed by atoms with Crippen molar-refractivity contribution in [2.75, 3.05) is 43.6 Å². The Kier molecular flexibility index (Phi) is 7.06. The number of hydrogen-bond acceptors (Lipinski definition) is 5. The highest BCUT2D eigenvalue weighted by molar-refractivity contribution is 7.80. The lowest BCUT2D eigenvalue weighted by Gasteiger charge is -2.29. The molecule has 1 aliphatic heterocycles. The van der Waals surface area contributed by atoms with Crippen LogP contribution in [0.15, 0.2) is 42.5 Å². The van der Waals surface area contributed by atoms with E-state index in [1.54, 1.807) is 12.1 Å². The van der Waals surface area contributed by atoms with Gasteiger partial charge in [-0.25, -0.2) is 4.79 Å². The Morgan fingerprint density at radius 2 is 1.86 bits per heavy atom. The molecule has 1 atom stereocenters. The van der Waals surface area contributed by atoms with E-state index in [1.165, 1.54) is 12.8 Å². The number of nitrogens with one attached hydrogen (secondary N) is 2. The van der Waals surface area contributed by atoms with Crippen LogP contribution in [0.2, 0.25) is 0 Å². The van der Waals surface area contributed by atoms with Crippen molar-refractivity contribution in [1.29, 1.82) is 0 Å². The predicted octanol–water partition coefficient (Wildman–Crippen LogP) is 3.67. The molecule has 1 aliphatic rings. The maximum absolute atomic E-state index is 11.9. The average Bonchev–Trinajstić information content (AvgIpc) is 2.75. The Labute approximate surface area is 177 Å². The second-order valence-electron chi connectivity index (χ2n) is 6.98. The van der Waals surface area contributed by atoms with E-state index in [9.17, 15) is 4.79 Å². The molecule has 1 fully saturated rings. The Hall–Kier alpha value is -2.64. The monoisotopic (exact) mass is 413 g/mol. The maximum atomic E-state index is 11.9. The van der Waals surface area contributed by atoms with Gasteiger partial charge in [0.25, 0.3) is 0 Å². The van der Waals surface area contributed by atoms with Gasteiger partial charge >= 0.3 is 5.97 Å². The molecular weight excluding hydrogens is 386 g/mol. The summed E-state index contributed by atoms with van der Waals surface area (Å²) in [6, 6.07) is 14.0. The zero-order chi connectivity index (χ0) is 20.8. The minimum absolute atomic E-state index is 0.0397. The topological polar surface area (TPSA) is 62.8 Å². The smallest absolute Gasteiger partial charge is 0.338 e. The molecular formula is C22H27N3O3S. The lowest BCUT2D eigenvalue weighted by molar-refractivity contribution is 0.0600. The number of benzene rings is 2. The first-order valence-electron chi connectivity index (χ1n) is 9.67. The molecule has 0 aromatic heterocycles. The SMILES string of the molecule is COC(=O)c1cccc(NC(=S)N[C@H](C)c2ccc(N3CCOCC3)cc2)c1C. The first kappa shape index (κ1) is 21.1. The second-order valence-corrected chi connectivity index (χ2v) is 7.39. The highest BCUT2D eigenvalue weighted by Gasteiger charge is 2.15. The quantitative estimate of drug-likeness (QED) is 0.573. The fraction of sp³-hybridized carbons (Fsp3) is 0.364. The van der Waals surface area contributed by atoms with Gasteiger partial charge in [-0.1, -0.05) is 18.2 Å². The van der Waals surface area contributed by atoms with E-state index in [0.29, 0.717) is 10.7 Å². The number of morpholine rings is 1. The van der Waals surface area contributed by atoms with Gasteiger partial charge in [-0.2, -0.15) is 0 Å². The third-order valence-corrected chi connectivity index (χ3v) is 5.32. The van der Waals surface area contributed by atoms with Crippen LogP contribution in [0.1, 0.15) is 34.5 Å². The molecule has 0 saturated carbocycles. The van der Waals surface area contributed by atoms with Crippen molar-refractivity contribution in [2.45, 2.75) is 19.9 Å². The lowest BCUT2D eigenvalue weighted by Crippen LogP contribution is -2.36. The summed E-state index contributed by atoms with van der Waals surface area (Å²) in [6.07, 6.45) is 0. The van der Waals surface area contributed by atoms with Crippen LogP contribution in [0.3, 0.4) is 0 Å². The van der Waals surface area contributed by atoms with Crippen LogP contribution in [0.25, 0.3) is 0 Å². The van der Waals surface area contributed by atoms with Crippen LogP contribution in [-0.2, 0) is 9.47 Å². The zero-order valence-electron chi connectivity index (χ0n) is 17.0. The summed E-state index contributed by atoms with van der Waals surface area (Å²) in [7, 11) is 1.38. The van der Waals surface area contributed by atoms with Crippen molar-refractivity contribution in [2.24, 2.45) is 0 Å². The van der Waals surface area contributed by atoms with Crippen LogP contribution in [0.5, 0.6) is 0 Å². The number of anilines is 2. The van der Waals surface area contributed by atoms with Crippen LogP contribution >= 0.6 is 12.2 Å². The molecule has 1 saturated heterocycles. The Balaban J connectivity index is 1.61. The lowest BCUT2D eigenvalue weighted by atomic mass is 10.1. The second kappa shape index (κ2) is 9.71. The fourth-order valence-electron chi connectivity index (χ4n) is 3.34. The van der Waals surface area contributed by atoms with Crippen molar-refractivity contribution >= 4 is 34.7 Å². The maximum Gasteiger partial charge on any atom is 0.338 e. The normalized spacial score (nSPS) is 14.8. The van der Waals surface area contributed by atoms with Crippen LogP contribution in [0, 0.1) is 6.92 Å². The summed E-state index contributed by atoms with van der Waals surface area (Å²) >= 11 is 5.48. The number of ether oxygens (including phenoxy) is 2. The van der Waals surface area contributed by atoms with Gasteiger partial charge in [-0.3, -0.25) is 0 Å². The Morgan fingerprint density at radius 1 is 1.17 bits per heavy atom.